The highest BCUT2D eigenvalue weighted by Crippen LogP contribution is 2.36. The number of nitriles is 1. The number of Topliss-reactive ketones (excluding diaryl/α,β-unsaturated/α-hetero) is 1. The first-order chi connectivity index (χ1) is 5.08. The van der Waals surface area contributed by atoms with Gasteiger partial charge in [0.15, 0.2) is 0 Å². The zero-order valence-corrected chi connectivity index (χ0v) is 7.05. The van der Waals surface area contributed by atoms with Gasteiger partial charge in [0.2, 0.25) is 0 Å². The summed E-state index contributed by atoms with van der Waals surface area (Å²) in [4.78, 5) is 11.2. The van der Waals surface area contributed by atoms with Crippen LogP contribution in [0.15, 0.2) is 0 Å². The van der Waals surface area contributed by atoms with Gasteiger partial charge < -0.3 is 0 Å². The van der Waals surface area contributed by atoms with E-state index in [0.717, 1.165) is 12.8 Å². The first-order valence-corrected chi connectivity index (χ1v) is 4.02. The van der Waals surface area contributed by atoms with Gasteiger partial charge in [0.05, 0.1) is 11.5 Å². The molecule has 0 unspecified atom stereocenters. The predicted molar refractivity (Wildman–Crippen MR) is 41.7 cm³/mol. The van der Waals surface area contributed by atoms with Crippen LogP contribution in [0.25, 0.3) is 0 Å². The van der Waals surface area contributed by atoms with Crippen molar-refractivity contribution in [1.82, 2.24) is 0 Å². The monoisotopic (exact) mass is 151 g/mol. The third-order valence-electron chi connectivity index (χ3n) is 2.46. The highest BCUT2D eigenvalue weighted by Gasteiger charge is 2.37. The molecule has 0 heterocycles. The smallest absolute Gasteiger partial charge is 0.137 e. The molecule has 0 spiro atoms. The molecule has 1 fully saturated rings. The van der Waals surface area contributed by atoms with Crippen LogP contribution in [0.3, 0.4) is 0 Å². The third kappa shape index (κ3) is 1.42. The summed E-state index contributed by atoms with van der Waals surface area (Å²) >= 11 is 0. The van der Waals surface area contributed by atoms with E-state index in [1.165, 1.54) is 0 Å². The molecule has 0 amide bonds. The van der Waals surface area contributed by atoms with Crippen molar-refractivity contribution in [3.05, 3.63) is 0 Å². The Kier molecular flexibility index (Phi) is 1.99. The Labute approximate surface area is 67.2 Å². The van der Waals surface area contributed by atoms with E-state index in [-0.39, 0.29) is 11.7 Å². The minimum atomic E-state index is -0.451. The summed E-state index contributed by atoms with van der Waals surface area (Å²) in [5, 5.41) is 8.77. The maximum absolute atomic E-state index is 11.2. The largest absolute Gasteiger partial charge is 0.299 e. The topological polar surface area (TPSA) is 40.9 Å². The lowest BCUT2D eigenvalue weighted by Crippen LogP contribution is -2.25. The number of rotatable bonds is 1. The minimum absolute atomic E-state index is 0.00694. The molecule has 0 bridgehead atoms. The van der Waals surface area contributed by atoms with E-state index in [4.69, 9.17) is 5.26 Å². The van der Waals surface area contributed by atoms with E-state index in [1.807, 2.05) is 13.8 Å². The van der Waals surface area contributed by atoms with Crippen molar-refractivity contribution in [2.75, 3.05) is 0 Å². The zero-order chi connectivity index (χ0) is 8.48. The molecule has 1 atom stereocenters. The molecule has 2 nitrogen and oxygen atoms in total. The maximum Gasteiger partial charge on any atom is 0.137 e. The van der Waals surface area contributed by atoms with Crippen molar-refractivity contribution in [2.45, 2.75) is 33.1 Å². The van der Waals surface area contributed by atoms with Crippen molar-refractivity contribution in [2.24, 2.45) is 11.3 Å². The van der Waals surface area contributed by atoms with Crippen LogP contribution in [0.5, 0.6) is 0 Å². The van der Waals surface area contributed by atoms with Gasteiger partial charge in [0, 0.05) is 12.3 Å². The van der Waals surface area contributed by atoms with Crippen LogP contribution < -0.4 is 0 Å². The SMILES string of the molecule is CC(C)(C#N)[C@H]1CCCC1=O. The Hall–Kier alpha value is -0.840. The van der Waals surface area contributed by atoms with Gasteiger partial charge in [-0.1, -0.05) is 0 Å². The lowest BCUT2D eigenvalue weighted by molar-refractivity contribution is -0.122. The van der Waals surface area contributed by atoms with Crippen LogP contribution in [-0.2, 0) is 4.79 Å². The lowest BCUT2D eigenvalue weighted by Gasteiger charge is -2.21. The average molecular weight is 151 g/mol. The molecule has 0 aliphatic heterocycles. The molecule has 11 heavy (non-hydrogen) atoms. The molecular weight excluding hydrogens is 138 g/mol. The standard InChI is InChI=1S/C9H13NO/c1-9(2,6-10)7-4-3-5-8(7)11/h7H,3-5H2,1-2H3/t7-/m0/s1. The van der Waals surface area contributed by atoms with Crippen LogP contribution in [0.2, 0.25) is 0 Å². The predicted octanol–water partition coefficient (Wildman–Crippen LogP) is 1.91. The molecule has 0 aromatic carbocycles. The van der Waals surface area contributed by atoms with E-state index in [0.29, 0.717) is 6.42 Å². The summed E-state index contributed by atoms with van der Waals surface area (Å²) in [6.45, 7) is 3.70. The number of hydrogen-bond donors (Lipinski definition) is 0. The van der Waals surface area contributed by atoms with Gasteiger partial charge in [-0.3, -0.25) is 4.79 Å². The van der Waals surface area contributed by atoms with E-state index >= 15 is 0 Å². The van der Waals surface area contributed by atoms with Crippen LogP contribution in [0, 0.1) is 22.7 Å². The van der Waals surface area contributed by atoms with Gasteiger partial charge in [0.25, 0.3) is 0 Å². The van der Waals surface area contributed by atoms with Gasteiger partial charge >= 0.3 is 0 Å². The Morgan fingerprint density at radius 1 is 1.64 bits per heavy atom. The van der Waals surface area contributed by atoms with Crippen LogP contribution >= 0.6 is 0 Å². The molecule has 1 aliphatic carbocycles. The van der Waals surface area contributed by atoms with Crippen molar-refractivity contribution < 1.29 is 4.79 Å². The summed E-state index contributed by atoms with van der Waals surface area (Å²) in [5.74, 6) is 0.268. The number of nitrogens with zero attached hydrogens (tertiary/aromatic N) is 1. The molecule has 0 saturated heterocycles. The molecule has 0 radical (unpaired) electrons. The number of hydrogen-bond acceptors (Lipinski definition) is 2. The Morgan fingerprint density at radius 3 is 2.64 bits per heavy atom. The summed E-state index contributed by atoms with van der Waals surface area (Å²) in [7, 11) is 0. The van der Waals surface area contributed by atoms with Crippen molar-refractivity contribution in [1.29, 1.82) is 5.26 Å². The average Bonchev–Trinajstić information content (AvgIpc) is 2.36. The molecule has 2 heteroatoms. The fourth-order valence-corrected chi connectivity index (χ4v) is 1.66. The fourth-order valence-electron chi connectivity index (χ4n) is 1.66. The summed E-state index contributed by atoms with van der Waals surface area (Å²) in [6.07, 6.45) is 2.55. The molecular formula is C9H13NO. The number of carbonyl (C=O) groups excluding carboxylic acids is 1. The Morgan fingerprint density at radius 2 is 2.27 bits per heavy atom. The second-order valence-electron chi connectivity index (χ2n) is 3.74. The van der Waals surface area contributed by atoms with E-state index in [2.05, 4.69) is 6.07 Å². The van der Waals surface area contributed by atoms with Gasteiger partial charge in [-0.05, 0) is 26.7 Å². The summed E-state index contributed by atoms with van der Waals surface area (Å²) in [5.41, 5.74) is -0.451. The highest BCUT2D eigenvalue weighted by molar-refractivity contribution is 5.83. The molecule has 1 saturated carbocycles. The first kappa shape index (κ1) is 8.26. The summed E-state index contributed by atoms with van der Waals surface area (Å²) < 4.78 is 0. The van der Waals surface area contributed by atoms with E-state index in [9.17, 15) is 4.79 Å². The Bertz CT molecular complexity index is 212. The maximum atomic E-state index is 11.2. The first-order valence-electron chi connectivity index (χ1n) is 4.02. The normalized spacial score (nSPS) is 25.2. The van der Waals surface area contributed by atoms with Crippen LogP contribution in [0.4, 0.5) is 0 Å². The van der Waals surface area contributed by atoms with E-state index < -0.39 is 5.41 Å². The van der Waals surface area contributed by atoms with Gasteiger partial charge in [-0.25, -0.2) is 0 Å². The third-order valence-corrected chi connectivity index (χ3v) is 2.46. The molecule has 0 aromatic heterocycles. The molecule has 0 N–H and O–H groups in total. The van der Waals surface area contributed by atoms with Crippen molar-refractivity contribution in [3.63, 3.8) is 0 Å². The van der Waals surface area contributed by atoms with Gasteiger partial charge in [-0.2, -0.15) is 5.26 Å². The Balaban J connectivity index is 2.76. The lowest BCUT2D eigenvalue weighted by atomic mass is 9.79. The highest BCUT2D eigenvalue weighted by atomic mass is 16.1. The second kappa shape index (κ2) is 2.65. The van der Waals surface area contributed by atoms with Gasteiger partial charge in [-0.15, -0.1) is 0 Å². The molecule has 0 aromatic rings. The van der Waals surface area contributed by atoms with Gasteiger partial charge in [0.1, 0.15) is 5.78 Å². The zero-order valence-electron chi connectivity index (χ0n) is 7.05. The molecule has 1 aliphatic rings. The van der Waals surface area contributed by atoms with Crippen molar-refractivity contribution in [3.8, 4) is 6.07 Å². The van der Waals surface area contributed by atoms with E-state index in [1.54, 1.807) is 0 Å². The van der Waals surface area contributed by atoms with Crippen LogP contribution in [0.1, 0.15) is 33.1 Å². The molecule has 1 rings (SSSR count). The van der Waals surface area contributed by atoms with Crippen molar-refractivity contribution >= 4 is 5.78 Å². The minimum Gasteiger partial charge on any atom is -0.299 e. The molecule has 60 valence electrons. The quantitative estimate of drug-likeness (QED) is 0.574. The fraction of sp³-hybridized carbons (Fsp3) is 0.778. The van der Waals surface area contributed by atoms with Crippen LogP contribution in [-0.4, -0.2) is 5.78 Å². The summed E-state index contributed by atoms with van der Waals surface area (Å²) in [6, 6.07) is 2.19. The number of ketones is 1. The number of carbonyl (C=O) groups is 1. The second-order valence-corrected chi connectivity index (χ2v) is 3.74.